The van der Waals surface area contributed by atoms with Crippen LogP contribution in [0.4, 0.5) is 0 Å². The SMILES string of the molecule is CNCC1CCN(Cc2ncno2)C1. The zero-order valence-electron chi connectivity index (χ0n) is 8.44. The molecule has 5 nitrogen and oxygen atoms in total. The first-order chi connectivity index (χ1) is 6.88. The van der Waals surface area contributed by atoms with Crippen LogP contribution in [0.5, 0.6) is 0 Å². The molecular formula is C9H16N4O. The van der Waals surface area contributed by atoms with E-state index in [0.717, 1.165) is 38.0 Å². The van der Waals surface area contributed by atoms with Crippen LogP contribution in [0.15, 0.2) is 10.9 Å². The topological polar surface area (TPSA) is 54.2 Å². The van der Waals surface area contributed by atoms with Crippen molar-refractivity contribution in [1.29, 1.82) is 0 Å². The number of hydrogen-bond acceptors (Lipinski definition) is 5. The third-order valence-electron chi connectivity index (χ3n) is 2.63. The smallest absolute Gasteiger partial charge is 0.240 e. The van der Waals surface area contributed by atoms with Crippen LogP contribution in [0.3, 0.4) is 0 Å². The van der Waals surface area contributed by atoms with Crippen molar-refractivity contribution in [2.45, 2.75) is 13.0 Å². The van der Waals surface area contributed by atoms with E-state index in [1.165, 1.54) is 12.7 Å². The van der Waals surface area contributed by atoms with Gasteiger partial charge in [-0.15, -0.1) is 0 Å². The van der Waals surface area contributed by atoms with E-state index in [9.17, 15) is 0 Å². The van der Waals surface area contributed by atoms with Crippen LogP contribution in [0, 0.1) is 5.92 Å². The number of nitrogens with one attached hydrogen (secondary N) is 1. The van der Waals surface area contributed by atoms with Gasteiger partial charge in [0.1, 0.15) is 0 Å². The normalized spacial score (nSPS) is 23.1. The van der Waals surface area contributed by atoms with Gasteiger partial charge in [-0.2, -0.15) is 4.98 Å². The molecule has 0 amide bonds. The van der Waals surface area contributed by atoms with Crippen LogP contribution in [-0.4, -0.2) is 41.7 Å². The molecule has 14 heavy (non-hydrogen) atoms. The Morgan fingerprint density at radius 3 is 3.36 bits per heavy atom. The fourth-order valence-electron chi connectivity index (χ4n) is 1.97. The Kier molecular flexibility index (Phi) is 3.10. The Hall–Kier alpha value is -0.940. The maximum Gasteiger partial charge on any atom is 0.240 e. The highest BCUT2D eigenvalue weighted by Gasteiger charge is 2.22. The standard InChI is InChI=1S/C9H16N4O/c1-10-4-8-2-3-13(5-8)6-9-11-7-12-14-9/h7-8,10H,2-6H2,1H3. The summed E-state index contributed by atoms with van der Waals surface area (Å²) in [5, 5.41) is 6.81. The molecule has 2 rings (SSSR count). The van der Waals surface area contributed by atoms with Crippen LogP contribution in [0.1, 0.15) is 12.3 Å². The second kappa shape index (κ2) is 4.52. The highest BCUT2D eigenvalue weighted by atomic mass is 16.5. The second-order valence-electron chi connectivity index (χ2n) is 3.78. The van der Waals surface area contributed by atoms with Crippen molar-refractivity contribution in [3.63, 3.8) is 0 Å². The van der Waals surface area contributed by atoms with Crippen molar-refractivity contribution >= 4 is 0 Å². The zero-order chi connectivity index (χ0) is 9.80. The van der Waals surface area contributed by atoms with Crippen LogP contribution < -0.4 is 5.32 Å². The third kappa shape index (κ3) is 2.30. The number of hydrogen-bond donors (Lipinski definition) is 1. The van der Waals surface area contributed by atoms with Gasteiger partial charge in [0.15, 0.2) is 6.33 Å². The summed E-state index contributed by atoms with van der Waals surface area (Å²) in [6, 6.07) is 0. The van der Waals surface area contributed by atoms with Gasteiger partial charge in [0.25, 0.3) is 0 Å². The largest absolute Gasteiger partial charge is 0.338 e. The summed E-state index contributed by atoms with van der Waals surface area (Å²) in [5.41, 5.74) is 0. The number of rotatable bonds is 4. The molecule has 1 fully saturated rings. The van der Waals surface area contributed by atoms with Gasteiger partial charge in [0.2, 0.25) is 5.89 Å². The van der Waals surface area contributed by atoms with Crippen molar-refractivity contribution in [1.82, 2.24) is 20.4 Å². The molecular weight excluding hydrogens is 180 g/mol. The molecule has 1 N–H and O–H groups in total. The molecule has 1 saturated heterocycles. The van der Waals surface area contributed by atoms with Gasteiger partial charge >= 0.3 is 0 Å². The first-order valence-electron chi connectivity index (χ1n) is 5.01. The predicted molar refractivity (Wildman–Crippen MR) is 51.6 cm³/mol. The molecule has 0 bridgehead atoms. The van der Waals surface area contributed by atoms with Crippen LogP contribution >= 0.6 is 0 Å². The van der Waals surface area contributed by atoms with Crippen molar-refractivity contribution in [3.05, 3.63) is 12.2 Å². The molecule has 0 aliphatic carbocycles. The lowest BCUT2D eigenvalue weighted by Crippen LogP contribution is -2.24. The molecule has 1 unspecified atom stereocenters. The summed E-state index contributed by atoms with van der Waals surface area (Å²) in [6.45, 7) is 4.15. The lowest BCUT2D eigenvalue weighted by Gasteiger charge is -2.12. The minimum absolute atomic E-state index is 0.718. The van der Waals surface area contributed by atoms with Gasteiger partial charge in [-0.3, -0.25) is 4.90 Å². The first kappa shape index (κ1) is 9.61. The van der Waals surface area contributed by atoms with Gasteiger partial charge < -0.3 is 9.84 Å². The van der Waals surface area contributed by atoms with Crippen molar-refractivity contribution in [2.75, 3.05) is 26.7 Å². The summed E-state index contributed by atoms with van der Waals surface area (Å²) >= 11 is 0. The highest BCUT2D eigenvalue weighted by molar-refractivity contribution is 4.81. The Bertz CT molecular complexity index is 262. The van der Waals surface area contributed by atoms with Crippen LogP contribution in [0.2, 0.25) is 0 Å². The van der Waals surface area contributed by atoms with Crippen molar-refractivity contribution in [2.24, 2.45) is 5.92 Å². The molecule has 1 atom stereocenters. The average molecular weight is 196 g/mol. The van der Waals surface area contributed by atoms with Gasteiger partial charge in [0.05, 0.1) is 6.54 Å². The molecule has 78 valence electrons. The average Bonchev–Trinajstić information content (AvgIpc) is 2.79. The minimum atomic E-state index is 0.718. The summed E-state index contributed by atoms with van der Waals surface area (Å²) in [7, 11) is 2.00. The highest BCUT2D eigenvalue weighted by Crippen LogP contribution is 2.16. The van der Waals surface area contributed by atoms with E-state index in [2.05, 4.69) is 20.4 Å². The van der Waals surface area contributed by atoms with E-state index in [4.69, 9.17) is 4.52 Å². The summed E-state index contributed by atoms with van der Waals surface area (Å²) < 4.78 is 4.97. The lowest BCUT2D eigenvalue weighted by molar-refractivity contribution is 0.260. The van der Waals surface area contributed by atoms with E-state index in [-0.39, 0.29) is 0 Å². The van der Waals surface area contributed by atoms with Crippen molar-refractivity contribution < 1.29 is 4.52 Å². The summed E-state index contributed by atoms with van der Waals surface area (Å²) in [4.78, 5) is 6.37. The molecule has 1 aliphatic heterocycles. The molecule has 0 aromatic carbocycles. The Balaban J connectivity index is 1.79. The van der Waals surface area contributed by atoms with E-state index < -0.39 is 0 Å². The molecule has 1 aliphatic rings. The van der Waals surface area contributed by atoms with E-state index in [0.29, 0.717) is 0 Å². The predicted octanol–water partition coefficient (Wildman–Crippen LogP) is 0.111. The van der Waals surface area contributed by atoms with Gasteiger partial charge in [-0.05, 0) is 32.5 Å². The van der Waals surface area contributed by atoms with Crippen LogP contribution in [0.25, 0.3) is 0 Å². The molecule has 1 aromatic rings. The van der Waals surface area contributed by atoms with E-state index in [1.54, 1.807) is 0 Å². The molecule has 1 aromatic heterocycles. The van der Waals surface area contributed by atoms with Gasteiger partial charge in [-0.25, -0.2) is 0 Å². The molecule has 0 saturated carbocycles. The Morgan fingerprint density at radius 1 is 1.71 bits per heavy atom. The maximum absolute atomic E-state index is 4.97. The van der Waals surface area contributed by atoms with Crippen LogP contribution in [-0.2, 0) is 6.54 Å². The fourth-order valence-corrected chi connectivity index (χ4v) is 1.97. The number of nitrogens with zero attached hydrogens (tertiary/aromatic N) is 3. The summed E-state index contributed by atoms with van der Waals surface area (Å²) in [6.07, 6.45) is 2.71. The second-order valence-corrected chi connectivity index (χ2v) is 3.78. The lowest BCUT2D eigenvalue weighted by atomic mass is 10.1. The van der Waals surface area contributed by atoms with E-state index in [1.807, 2.05) is 7.05 Å². The first-order valence-corrected chi connectivity index (χ1v) is 5.01. The fraction of sp³-hybridized carbons (Fsp3) is 0.778. The maximum atomic E-state index is 4.97. The zero-order valence-corrected chi connectivity index (χ0v) is 8.44. The van der Waals surface area contributed by atoms with Gasteiger partial charge in [-0.1, -0.05) is 5.16 Å². The number of likely N-dealkylation sites (tertiary alicyclic amines) is 1. The quantitative estimate of drug-likeness (QED) is 0.740. The third-order valence-corrected chi connectivity index (χ3v) is 2.63. The Labute approximate surface area is 83.5 Å². The van der Waals surface area contributed by atoms with Crippen molar-refractivity contribution in [3.8, 4) is 0 Å². The molecule has 5 heteroatoms. The molecule has 0 spiro atoms. The minimum Gasteiger partial charge on any atom is -0.338 e. The van der Waals surface area contributed by atoms with Gasteiger partial charge in [0, 0.05) is 6.54 Å². The summed E-state index contributed by atoms with van der Waals surface area (Å²) in [5.74, 6) is 1.48. The Morgan fingerprint density at radius 2 is 2.64 bits per heavy atom. The molecule has 2 heterocycles. The molecule has 0 radical (unpaired) electrons. The monoisotopic (exact) mass is 196 g/mol. The van der Waals surface area contributed by atoms with E-state index >= 15 is 0 Å². The number of aromatic nitrogens is 2.